The molecule has 0 aliphatic heterocycles. The van der Waals surface area contributed by atoms with Crippen LogP contribution in [0.25, 0.3) is 10.8 Å². The fourth-order valence-electron chi connectivity index (χ4n) is 4.04. The number of rotatable bonds is 13. The molecule has 0 aliphatic rings. The lowest BCUT2D eigenvalue weighted by Gasteiger charge is -2.22. The van der Waals surface area contributed by atoms with Gasteiger partial charge in [0.1, 0.15) is 5.75 Å². The van der Waals surface area contributed by atoms with Crippen molar-refractivity contribution in [2.45, 2.75) is 52.1 Å². The molecule has 0 atom stereocenters. The standard InChI is InChI=1S/C28H35NO5S/c1-4-19-29(20-8-9-22-14-16-25(17-15-22)34-28(2,3)27(30)31)35(32,33)21-18-24-12-7-11-23-10-5-6-13-26(23)24/h5-7,10-17H,4,8-9,18-21H2,1-3H3,(H,30,31). The topological polar surface area (TPSA) is 83.9 Å². The largest absolute Gasteiger partial charge is 0.478 e. The zero-order valence-corrected chi connectivity index (χ0v) is 21.6. The molecule has 7 heteroatoms. The molecule has 0 fully saturated rings. The van der Waals surface area contributed by atoms with Crippen molar-refractivity contribution in [2.24, 2.45) is 0 Å². The monoisotopic (exact) mass is 497 g/mol. The third-order valence-electron chi connectivity index (χ3n) is 6.06. The molecule has 35 heavy (non-hydrogen) atoms. The zero-order valence-electron chi connectivity index (χ0n) is 20.7. The summed E-state index contributed by atoms with van der Waals surface area (Å²) in [5.41, 5.74) is 0.800. The summed E-state index contributed by atoms with van der Waals surface area (Å²) in [6.45, 7) is 5.98. The molecule has 3 aromatic carbocycles. The van der Waals surface area contributed by atoms with Gasteiger partial charge in [0.15, 0.2) is 5.60 Å². The van der Waals surface area contributed by atoms with E-state index in [9.17, 15) is 18.3 Å². The second kappa shape index (κ2) is 11.7. The molecule has 3 aromatic rings. The maximum Gasteiger partial charge on any atom is 0.347 e. The summed E-state index contributed by atoms with van der Waals surface area (Å²) < 4.78 is 33.5. The van der Waals surface area contributed by atoms with E-state index in [1.54, 1.807) is 16.4 Å². The lowest BCUT2D eigenvalue weighted by molar-refractivity contribution is -0.152. The molecule has 0 heterocycles. The van der Waals surface area contributed by atoms with Crippen molar-refractivity contribution in [3.63, 3.8) is 0 Å². The van der Waals surface area contributed by atoms with Crippen LogP contribution < -0.4 is 4.74 Å². The van der Waals surface area contributed by atoms with Crippen molar-refractivity contribution < 1.29 is 23.1 Å². The number of hydrogen-bond acceptors (Lipinski definition) is 4. The van der Waals surface area contributed by atoms with Crippen LogP contribution in [0, 0.1) is 0 Å². The fourth-order valence-corrected chi connectivity index (χ4v) is 5.64. The summed E-state index contributed by atoms with van der Waals surface area (Å²) in [4.78, 5) is 11.2. The molecule has 0 radical (unpaired) electrons. The summed E-state index contributed by atoms with van der Waals surface area (Å²) in [6.07, 6.45) is 2.67. The van der Waals surface area contributed by atoms with E-state index in [-0.39, 0.29) is 5.75 Å². The van der Waals surface area contributed by atoms with E-state index in [4.69, 9.17) is 4.74 Å². The van der Waals surface area contributed by atoms with Crippen molar-refractivity contribution >= 4 is 26.8 Å². The van der Waals surface area contributed by atoms with E-state index in [0.29, 0.717) is 31.7 Å². The number of benzene rings is 3. The normalized spacial score (nSPS) is 12.2. The Morgan fingerprint density at radius 3 is 2.31 bits per heavy atom. The molecular formula is C28H35NO5S. The molecular weight excluding hydrogens is 462 g/mol. The number of aryl methyl sites for hydroxylation is 2. The second-order valence-electron chi connectivity index (χ2n) is 9.27. The van der Waals surface area contributed by atoms with Crippen LogP contribution in [0.4, 0.5) is 0 Å². The van der Waals surface area contributed by atoms with Crippen molar-refractivity contribution in [3.05, 3.63) is 77.9 Å². The highest BCUT2D eigenvalue weighted by Gasteiger charge is 2.29. The molecule has 0 saturated carbocycles. The minimum atomic E-state index is -3.38. The maximum absolute atomic E-state index is 13.2. The average molecular weight is 498 g/mol. The highest BCUT2D eigenvalue weighted by atomic mass is 32.2. The van der Waals surface area contributed by atoms with Crippen LogP contribution in [0.1, 0.15) is 44.7 Å². The minimum absolute atomic E-state index is 0.0897. The lowest BCUT2D eigenvalue weighted by Crippen LogP contribution is -2.37. The summed E-state index contributed by atoms with van der Waals surface area (Å²) in [7, 11) is -3.38. The Bertz CT molecular complexity index is 1230. The molecule has 0 saturated heterocycles. The molecule has 0 amide bonds. The van der Waals surface area contributed by atoms with Gasteiger partial charge in [-0.1, -0.05) is 61.5 Å². The van der Waals surface area contributed by atoms with Crippen molar-refractivity contribution in [3.8, 4) is 5.75 Å². The summed E-state index contributed by atoms with van der Waals surface area (Å²) >= 11 is 0. The minimum Gasteiger partial charge on any atom is -0.478 e. The number of carbonyl (C=O) groups is 1. The Morgan fingerprint density at radius 2 is 1.63 bits per heavy atom. The number of aliphatic carboxylic acids is 1. The molecule has 3 rings (SSSR count). The molecule has 0 aromatic heterocycles. The summed E-state index contributed by atoms with van der Waals surface area (Å²) in [6, 6.07) is 21.4. The first-order valence-corrected chi connectivity index (χ1v) is 13.7. The summed E-state index contributed by atoms with van der Waals surface area (Å²) in [5.74, 6) is -0.448. The Morgan fingerprint density at radius 1 is 0.943 bits per heavy atom. The van der Waals surface area contributed by atoms with Gasteiger partial charge in [-0.2, -0.15) is 0 Å². The maximum atomic E-state index is 13.2. The molecule has 0 spiro atoms. The van der Waals surface area contributed by atoms with E-state index >= 15 is 0 Å². The van der Waals surface area contributed by atoms with Gasteiger partial charge in [0.25, 0.3) is 0 Å². The van der Waals surface area contributed by atoms with Gasteiger partial charge < -0.3 is 9.84 Å². The van der Waals surface area contributed by atoms with Gasteiger partial charge >= 0.3 is 5.97 Å². The highest BCUT2D eigenvalue weighted by molar-refractivity contribution is 7.89. The second-order valence-corrected chi connectivity index (χ2v) is 11.4. The van der Waals surface area contributed by atoms with Crippen LogP contribution in [0.5, 0.6) is 5.75 Å². The predicted molar refractivity (Wildman–Crippen MR) is 140 cm³/mol. The van der Waals surface area contributed by atoms with E-state index < -0.39 is 21.6 Å². The number of hydrogen-bond donors (Lipinski definition) is 1. The number of nitrogens with zero attached hydrogens (tertiary/aromatic N) is 1. The van der Waals surface area contributed by atoms with Gasteiger partial charge in [0, 0.05) is 13.1 Å². The summed E-state index contributed by atoms with van der Waals surface area (Å²) in [5, 5.41) is 11.4. The molecule has 0 unspecified atom stereocenters. The van der Waals surface area contributed by atoms with Crippen LogP contribution in [0.3, 0.4) is 0 Å². The van der Waals surface area contributed by atoms with Gasteiger partial charge in [-0.25, -0.2) is 17.5 Å². The molecule has 6 nitrogen and oxygen atoms in total. The predicted octanol–water partition coefficient (Wildman–Crippen LogP) is 5.30. The Hall–Kier alpha value is -2.90. The average Bonchev–Trinajstić information content (AvgIpc) is 2.83. The van der Waals surface area contributed by atoms with Crippen molar-refractivity contribution in [1.82, 2.24) is 4.31 Å². The number of fused-ring (bicyclic) bond motifs is 1. The smallest absolute Gasteiger partial charge is 0.347 e. The van der Waals surface area contributed by atoms with E-state index in [0.717, 1.165) is 34.7 Å². The Kier molecular flexibility index (Phi) is 8.92. The fraction of sp³-hybridized carbons (Fsp3) is 0.393. The molecule has 0 bridgehead atoms. The third kappa shape index (κ3) is 7.29. The number of carboxylic acid groups (broad SMARTS) is 1. The molecule has 1 N–H and O–H groups in total. The van der Waals surface area contributed by atoms with Crippen LogP contribution in [0.2, 0.25) is 0 Å². The lowest BCUT2D eigenvalue weighted by atomic mass is 10.0. The van der Waals surface area contributed by atoms with Crippen LogP contribution in [0.15, 0.2) is 66.7 Å². The Balaban J connectivity index is 1.57. The van der Waals surface area contributed by atoms with Gasteiger partial charge in [-0.3, -0.25) is 0 Å². The number of sulfonamides is 1. The van der Waals surface area contributed by atoms with Crippen molar-refractivity contribution in [1.29, 1.82) is 0 Å². The molecule has 188 valence electrons. The third-order valence-corrected chi connectivity index (χ3v) is 7.93. The van der Waals surface area contributed by atoms with Gasteiger partial charge in [-0.05, 0) is 73.6 Å². The zero-order chi connectivity index (χ0) is 25.5. The van der Waals surface area contributed by atoms with E-state index in [2.05, 4.69) is 0 Å². The van der Waals surface area contributed by atoms with Gasteiger partial charge in [-0.15, -0.1) is 0 Å². The van der Waals surface area contributed by atoms with Crippen LogP contribution in [-0.2, 0) is 27.7 Å². The number of carboxylic acids is 1. The molecule has 0 aliphatic carbocycles. The van der Waals surface area contributed by atoms with E-state index in [1.807, 2.05) is 61.5 Å². The van der Waals surface area contributed by atoms with Gasteiger partial charge in [0.2, 0.25) is 10.0 Å². The number of ether oxygens (including phenoxy) is 1. The first kappa shape index (κ1) is 26.7. The first-order valence-electron chi connectivity index (χ1n) is 12.1. The SMILES string of the molecule is CCCN(CCCc1ccc(OC(C)(C)C(=O)O)cc1)S(=O)(=O)CCc1cccc2ccccc12. The quantitative estimate of drug-likeness (QED) is 0.346. The Labute approximate surface area is 208 Å². The highest BCUT2D eigenvalue weighted by Crippen LogP contribution is 2.21. The van der Waals surface area contributed by atoms with Gasteiger partial charge in [0.05, 0.1) is 5.75 Å². The van der Waals surface area contributed by atoms with Crippen molar-refractivity contribution in [2.75, 3.05) is 18.8 Å². The van der Waals surface area contributed by atoms with E-state index in [1.165, 1.54) is 13.8 Å². The van der Waals surface area contributed by atoms with Crippen LogP contribution in [-0.4, -0.2) is 48.2 Å². The van der Waals surface area contributed by atoms with Crippen LogP contribution >= 0.6 is 0 Å². The first-order chi connectivity index (χ1) is 16.6.